The summed E-state index contributed by atoms with van der Waals surface area (Å²) < 4.78 is 11.4. The Hall–Kier alpha value is -4.25. The smallest absolute Gasteiger partial charge is 0.248 e. The van der Waals surface area contributed by atoms with E-state index in [1.165, 1.54) is 6.39 Å². The van der Waals surface area contributed by atoms with Gasteiger partial charge in [-0.05, 0) is 41.5 Å². The van der Waals surface area contributed by atoms with Crippen molar-refractivity contribution in [1.29, 1.82) is 0 Å². The highest BCUT2D eigenvalue weighted by Crippen LogP contribution is 2.26. The van der Waals surface area contributed by atoms with Gasteiger partial charge < -0.3 is 9.15 Å². The van der Waals surface area contributed by atoms with Crippen molar-refractivity contribution in [3.8, 4) is 5.75 Å². The van der Waals surface area contributed by atoms with Crippen LogP contribution in [0.5, 0.6) is 5.75 Å². The predicted octanol–water partition coefficient (Wildman–Crippen LogP) is 5.79. The van der Waals surface area contributed by atoms with Crippen LogP contribution < -0.4 is 4.74 Å². The molecular weight excluding hydrogens is 386 g/mol. The Morgan fingerprint density at radius 2 is 1.65 bits per heavy atom. The number of ether oxygens (including phenoxy) is 1. The number of aromatic nitrogens is 3. The van der Waals surface area contributed by atoms with Crippen LogP contribution in [0.1, 0.15) is 22.7 Å². The van der Waals surface area contributed by atoms with Crippen molar-refractivity contribution in [3.63, 3.8) is 0 Å². The normalized spacial score (nSPS) is 11.5. The molecule has 31 heavy (non-hydrogen) atoms. The molecule has 5 rings (SSSR count). The molecule has 0 amide bonds. The third-order valence-electron chi connectivity index (χ3n) is 4.91. The third-order valence-corrected chi connectivity index (χ3v) is 4.91. The van der Waals surface area contributed by atoms with E-state index >= 15 is 0 Å². The van der Waals surface area contributed by atoms with Gasteiger partial charge >= 0.3 is 0 Å². The van der Waals surface area contributed by atoms with Crippen molar-refractivity contribution < 1.29 is 9.15 Å². The van der Waals surface area contributed by atoms with Gasteiger partial charge in [0.25, 0.3) is 0 Å². The summed E-state index contributed by atoms with van der Waals surface area (Å²) in [5, 5.41) is 9.03. The molecule has 5 nitrogen and oxygen atoms in total. The molecule has 0 aliphatic carbocycles. The highest BCUT2D eigenvalue weighted by Gasteiger charge is 2.11. The molecule has 0 bridgehead atoms. The van der Waals surface area contributed by atoms with Gasteiger partial charge in [-0.25, -0.2) is 4.98 Å². The van der Waals surface area contributed by atoms with Crippen LogP contribution >= 0.6 is 0 Å². The molecule has 150 valence electrons. The molecule has 5 heteroatoms. The molecule has 0 unspecified atom stereocenters. The summed E-state index contributed by atoms with van der Waals surface area (Å²) in [6.45, 7) is 0.403. The van der Waals surface area contributed by atoms with Gasteiger partial charge in [0.2, 0.25) is 12.3 Å². The second kappa shape index (κ2) is 8.63. The molecule has 5 aromatic rings. The van der Waals surface area contributed by atoms with E-state index in [1.54, 1.807) is 0 Å². The fourth-order valence-electron chi connectivity index (χ4n) is 3.35. The zero-order valence-corrected chi connectivity index (χ0v) is 16.7. The summed E-state index contributed by atoms with van der Waals surface area (Å²) >= 11 is 0. The number of hydrogen-bond acceptors (Lipinski definition) is 5. The van der Waals surface area contributed by atoms with Crippen molar-refractivity contribution >= 4 is 22.6 Å². The summed E-state index contributed by atoms with van der Waals surface area (Å²) in [5.41, 5.74) is 4.72. The first kappa shape index (κ1) is 18.8. The molecule has 0 N–H and O–H groups in total. The van der Waals surface area contributed by atoms with Crippen LogP contribution in [0.3, 0.4) is 0 Å². The maximum Gasteiger partial charge on any atom is 0.248 e. The van der Waals surface area contributed by atoms with Crippen LogP contribution in [0.2, 0.25) is 0 Å². The lowest BCUT2D eigenvalue weighted by atomic mass is 10.0. The summed E-state index contributed by atoms with van der Waals surface area (Å²) in [7, 11) is 0. The Morgan fingerprint density at radius 1 is 0.839 bits per heavy atom. The van der Waals surface area contributed by atoms with Crippen molar-refractivity contribution in [2.75, 3.05) is 0 Å². The third kappa shape index (κ3) is 4.36. The predicted molar refractivity (Wildman–Crippen MR) is 120 cm³/mol. The maximum atomic E-state index is 5.95. The lowest BCUT2D eigenvalue weighted by Gasteiger charge is -2.09. The van der Waals surface area contributed by atoms with Gasteiger partial charge in [0.1, 0.15) is 12.4 Å². The van der Waals surface area contributed by atoms with Crippen molar-refractivity contribution in [1.82, 2.24) is 15.2 Å². The Morgan fingerprint density at radius 3 is 2.45 bits per heavy atom. The number of pyridine rings is 1. The monoisotopic (exact) mass is 405 g/mol. The average Bonchev–Trinajstić information content (AvgIpc) is 3.37. The minimum atomic E-state index is 0.403. The number of rotatable bonds is 6. The van der Waals surface area contributed by atoms with E-state index in [0.29, 0.717) is 12.5 Å². The summed E-state index contributed by atoms with van der Waals surface area (Å²) in [6.07, 6.45) is 3.37. The van der Waals surface area contributed by atoms with Gasteiger partial charge in [0.15, 0.2) is 0 Å². The second-order valence-corrected chi connectivity index (χ2v) is 7.02. The zero-order valence-electron chi connectivity index (χ0n) is 16.7. The van der Waals surface area contributed by atoms with E-state index in [4.69, 9.17) is 9.15 Å². The first-order chi connectivity index (χ1) is 15.3. The minimum Gasteiger partial charge on any atom is -0.487 e. The number of fused-ring (bicyclic) bond motifs is 1. The SMILES string of the molecule is C(=C(\c1ccc(OCc2ccc3ccccc3n2)cc1)c1nnco1)/c1ccccc1. The van der Waals surface area contributed by atoms with E-state index in [1.807, 2.05) is 84.9 Å². The Balaban J connectivity index is 1.35. The Kier molecular flexibility index (Phi) is 5.22. The van der Waals surface area contributed by atoms with E-state index in [2.05, 4.69) is 27.3 Å². The number of para-hydroxylation sites is 1. The highest BCUT2D eigenvalue weighted by molar-refractivity contribution is 5.88. The molecule has 0 radical (unpaired) electrons. The minimum absolute atomic E-state index is 0.403. The zero-order chi connectivity index (χ0) is 20.9. The van der Waals surface area contributed by atoms with Crippen LogP contribution in [-0.2, 0) is 6.61 Å². The van der Waals surface area contributed by atoms with Gasteiger partial charge in [-0.1, -0.05) is 66.7 Å². The van der Waals surface area contributed by atoms with Crippen LogP contribution in [0, 0.1) is 0 Å². The molecule has 0 aliphatic heterocycles. The molecule has 0 saturated carbocycles. The van der Waals surface area contributed by atoms with E-state index in [9.17, 15) is 0 Å². The first-order valence-electron chi connectivity index (χ1n) is 9.96. The Labute approximate surface area is 179 Å². The van der Waals surface area contributed by atoms with Gasteiger partial charge in [-0.3, -0.25) is 0 Å². The van der Waals surface area contributed by atoms with Gasteiger partial charge in [-0.15, -0.1) is 10.2 Å². The Bertz CT molecular complexity index is 1310. The molecule has 0 aliphatic rings. The van der Waals surface area contributed by atoms with Gasteiger partial charge in [0.05, 0.1) is 11.2 Å². The van der Waals surface area contributed by atoms with Crippen molar-refractivity contribution in [2.24, 2.45) is 0 Å². The summed E-state index contributed by atoms with van der Waals surface area (Å²) in [6, 6.07) is 30.0. The lowest BCUT2D eigenvalue weighted by Crippen LogP contribution is -1.98. The maximum absolute atomic E-state index is 5.95. The molecule has 0 saturated heterocycles. The summed E-state index contributed by atoms with van der Waals surface area (Å²) in [4.78, 5) is 4.65. The topological polar surface area (TPSA) is 61.0 Å². The first-order valence-corrected chi connectivity index (χ1v) is 9.96. The second-order valence-electron chi connectivity index (χ2n) is 7.02. The van der Waals surface area contributed by atoms with E-state index in [0.717, 1.165) is 39.0 Å². The van der Waals surface area contributed by atoms with Crippen LogP contribution in [0.4, 0.5) is 0 Å². The molecular formula is C26H19N3O2. The van der Waals surface area contributed by atoms with Crippen LogP contribution in [0.15, 0.2) is 102 Å². The fourth-order valence-corrected chi connectivity index (χ4v) is 3.35. The average molecular weight is 405 g/mol. The van der Waals surface area contributed by atoms with Crippen LogP contribution in [0.25, 0.3) is 22.6 Å². The largest absolute Gasteiger partial charge is 0.487 e. The standard InChI is InChI=1S/C26H19N3O2/c1-2-6-19(7-3-1)16-24(26-29-27-18-31-26)20-11-14-23(15-12-20)30-17-22-13-10-21-8-4-5-9-25(21)28-22/h1-16,18H,17H2/b24-16-. The molecule has 0 spiro atoms. The molecule has 2 aromatic heterocycles. The number of benzene rings is 3. The van der Waals surface area contributed by atoms with Gasteiger partial charge in [0, 0.05) is 11.0 Å². The van der Waals surface area contributed by atoms with Gasteiger partial charge in [-0.2, -0.15) is 0 Å². The van der Waals surface area contributed by atoms with E-state index < -0.39 is 0 Å². The van der Waals surface area contributed by atoms with Crippen molar-refractivity contribution in [2.45, 2.75) is 6.61 Å². The van der Waals surface area contributed by atoms with E-state index in [-0.39, 0.29) is 0 Å². The molecule has 0 fully saturated rings. The molecule has 2 heterocycles. The molecule has 0 atom stereocenters. The van der Waals surface area contributed by atoms with Crippen LogP contribution in [-0.4, -0.2) is 15.2 Å². The number of hydrogen-bond donors (Lipinski definition) is 0. The van der Waals surface area contributed by atoms with Crippen molar-refractivity contribution in [3.05, 3.63) is 120 Å². The summed E-state index contributed by atoms with van der Waals surface area (Å²) in [5.74, 6) is 1.24. The lowest BCUT2D eigenvalue weighted by molar-refractivity contribution is 0.302. The fraction of sp³-hybridized carbons (Fsp3) is 0.0385. The quantitative estimate of drug-likeness (QED) is 0.335. The highest BCUT2D eigenvalue weighted by atomic mass is 16.5. The molecule has 3 aromatic carbocycles. The number of nitrogens with zero attached hydrogens (tertiary/aromatic N) is 3.